The van der Waals surface area contributed by atoms with E-state index in [-0.39, 0.29) is 44.4 Å². The topological polar surface area (TPSA) is 69.6 Å². The fourth-order valence-corrected chi connectivity index (χ4v) is 3.04. The SMILES string of the molecule is Cl.O=C(CCN1C[C@@H](C(F)(F)F)[C@H](C(=O)O)C1)NCc1ccccc1Cl. The second-order valence-electron chi connectivity index (χ2n) is 5.97. The predicted octanol–water partition coefficient (Wildman–Crippen LogP) is 2.96. The van der Waals surface area contributed by atoms with Crippen LogP contribution in [0.4, 0.5) is 13.2 Å². The Bertz CT molecular complexity index is 643. The van der Waals surface area contributed by atoms with Crippen LogP contribution in [-0.2, 0) is 16.1 Å². The minimum absolute atomic E-state index is 0. The number of amides is 1. The third-order valence-electron chi connectivity index (χ3n) is 4.22. The maximum Gasteiger partial charge on any atom is 0.393 e. The summed E-state index contributed by atoms with van der Waals surface area (Å²) in [5.74, 6) is -5.20. The number of hydrogen-bond acceptors (Lipinski definition) is 3. The number of carbonyl (C=O) groups is 2. The second-order valence-corrected chi connectivity index (χ2v) is 6.38. The van der Waals surface area contributed by atoms with Crippen LogP contribution in [0.3, 0.4) is 0 Å². The highest BCUT2D eigenvalue weighted by Crippen LogP contribution is 2.37. The summed E-state index contributed by atoms with van der Waals surface area (Å²) in [6.07, 6.45) is -4.58. The van der Waals surface area contributed by atoms with E-state index in [1.165, 1.54) is 4.90 Å². The Labute approximate surface area is 159 Å². The van der Waals surface area contributed by atoms with Crippen molar-refractivity contribution in [3.63, 3.8) is 0 Å². The van der Waals surface area contributed by atoms with Crippen LogP contribution in [-0.4, -0.2) is 47.7 Å². The van der Waals surface area contributed by atoms with Gasteiger partial charge in [0.15, 0.2) is 0 Å². The summed E-state index contributed by atoms with van der Waals surface area (Å²) < 4.78 is 38.7. The molecule has 1 heterocycles. The van der Waals surface area contributed by atoms with Gasteiger partial charge in [-0.1, -0.05) is 29.8 Å². The summed E-state index contributed by atoms with van der Waals surface area (Å²) in [5.41, 5.74) is 0.738. The molecule has 0 radical (unpaired) electrons. The molecule has 1 aliphatic rings. The van der Waals surface area contributed by atoms with Crippen LogP contribution in [0.5, 0.6) is 0 Å². The molecule has 1 aromatic rings. The van der Waals surface area contributed by atoms with E-state index in [2.05, 4.69) is 5.32 Å². The molecule has 2 rings (SSSR count). The zero-order valence-corrected chi connectivity index (χ0v) is 15.2. The van der Waals surface area contributed by atoms with Crippen molar-refractivity contribution < 1.29 is 27.9 Å². The van der Waals surface area contributed by atoms with Gasteiger partial charge in [0.2, 0.25) is 5.91 Å². The minimum Gasteiger partial charge on any atom is -0.481 e. The highest BCUT2D eigenvalue weighted by atomic mass is 35.5. The lowest BCUT2D eigenvalue weighted by atomic mass is 9.96. The smallest absolute Gasteiger partial charge is 0.393 e. The summed E-state index contributed by atoms with van der Waals surface area (Å²) in [5, 5.41) is 12.1. The average Bonchev–Trinajstić information content (AvgIpc) is 2.97. The quantitative estimate of drug-likeness (QED) is 0.750. The Morgan fingerprint density at radius 2 is 1.92 bits per heavy atom. The monoisotopic (exact) mass is 414 g/mol. The van der Waals surface area contributed by atoms with Gasteiger partial charge < -0.3 is 15.3 Å². The van der Waals surface area contributed by atoms with Crippen LogP contribution in [0.2, 0.25) is 5.02 Å². The number of carbonyl (C=O) groups excluding carboxylic acids is 1. The van der Waals surface area contributed by atoms with Crippen molar-refractivity contribution in [2.24, 2.45) is 11.8 Å². The van der Waals surface area contributed by atoms with E-state index in [0.717, 1.165) is 5.56 Å². The van der Waals surface area contributed by atoms with Crippen molar-refractivity contribution in [1.82, 2.24) is 10.2 Å². The lowest BCUT2D eigenvalue weighted by Gasteiger charge is -2.18. The fraction of sp³-hybridized carbons (Fsp3) is 0.500. The number of nitrogens with one attached hydrogen (secondary N) is 1. The third-order valence-corrected chi connectivity index (χ3v) is 4.59. The number of carboxylic acids is 1. The predicted molar refractivity (Wildman–Crippen MR) is 92.3 cm³/mol. The molecule has 2 atom stereocenters. The molecule has 26 heavy (non-hydrogen) atoms. The molecule has 146 valence electrons. The summed E-state index contributed by atoms with van der Waals surface area (Å²) in [6.45, 7) is -0.318. The first-order valence-electron chi connectivity index (χ1n) is 7.70. The molecular formula is C16H19Cl2F3N2O3. The van der Waals surface area contributed by atoms with Crippen molar-refractivity contribution >= 4 is 35.9 Å². The minimum atomic E-state index is -4.57. The molecule has 0 aliphatic carbocycles. The van der Waals surface area contributed by atoms with Gasteiger partial charge in [0.25, 0.3) is 0 Å². The number of aliphatic carboxylic acids is 1. The maximum atomic E-state index is 12.9. The summed E-state index contributed by atoms with van der Waals surface area (Å²) in [4.78, 5) is 24.2. The molecule has 0 saturated carbocycles. The van der Waals surface area contributed by atoms with Crippen molar-refractivity contribution in [2.45, 2.75) is 19.1 Å². The fourth-order valence-electron chi connectivity index (χ4n) is 2.83. The van der Waals surface area contributed by atoms with E-state index in [1.807, 2.05) is 0 Å². The molecule has 5 nitrogen and oxygen atoms in total. The van der Waals surface area contributed by atoms with Crippen LogP contribution < -0.4 is 5.32 Å². The molecule has 0 unspecified atom stereocenters. The van der Waals surface area contributed by atoms with Crippen LogP contribution >= 0.6 is 24.0 Å². The second kappa shape index (κ2) is 9.43. The Morgan fingerprint density at radius 3 is 2.46 bits per heavy atom. The lowest BCUT2D eigenvalue weighted by Crippen LogP contribution is -2.33. The maximum absolute atomic E-state index is 12.9. The molecular weight excluding hydrogens is 396 g/mol. The van der Waals surface area contributed by atoms with Gasteiger partial charge in [0, 0.05) is 37.6 Å². The zero-order valence-electron chi connectivity index (χ0n) is 13.6. The molecule has 0 bridgehead atoms. The molecule has 0 aromatic heterocycles. The number of alkyl halides is 3. The van der Waals surface area contributed by atoms with Crippen molar-refractivity contribution in [3.05, 3.63) is 34.9 Å². The van der Waals surface area contributed by atoms with E-state index >= 15 is 0 Å². The van der Waals surface area contributed by atoms with E-state index in [4.69, 9.17) is 16.7 Å². The van der Waals surface area contributed by atoms with Gasteiger partial charge in [0.1, 0.15) is 0 Å². The Hall–Kier alpha value is -1.51. The van der Waals surface area contributed by atoms with Crippen molar-refractivity contribution in [1.29, 1.82) is 0 Å². The van der Waals surface area contributed by atoms with Gasteiger partial charge in [-0.05, 0) is 11.6 Å². The van der Waals surface area contributed by atoms with E-state index in [1.54, 1.807) is 24.3 Å². The number of halogens is 5. The zero-order chi connectivity index (χ0) is 18.6. The first-order valence-corrected chi connectivity index (χ1v) is 8.08. The number of rotatable bonds is 6. The number of carboxylic acid groups (broad SMARTS) is 1. The van der Waals surface area contributed by atoms with Crippen molar-refractivity contribution in [2.75, 3.05) is 19.6 Å². The highest BCUT2D eigenvalue weighted by molar-refractivity contribution is 6.31. The van der Waals surface area contributed by atoms with E-state index < -0.39 is 30.5 Å². The van der Waals surface area contributed by atoms with Gasteiger partial charge in [-0.3, -0.25) is 9.59 Å². The number of benzene rings is 1. The highest BCUT2D eigenvalue weighted by Gasteiger charge is 2.52. The molecule has 1 aliphatic heterocycles. The Kier molecular flexibility index (Phi) is 8.17. The van der Waals surface area contributed by atoms with Gasteiger partial charge in [0.05, 0.1) is 11.8 Å². The number of likely N-dealkylation sites (tertiary alicyclic amines) is 1. The van der Waals surface area contributed by atoms with Crippen molar-refractivity contribution in [3.8, 4) is 0 Å². The normalized spacial score (nSPS) is 20.5. The molecule has 1 amide bonds. The van der Waals surface area contributed by atoms with Gasteiger partial charge >= 0.3 is 12.1 Å². The van der Waals surface area contributed by atoms with Crippen LogP contribution in [0, 0.1) is 11.8 Å². The molecule has 1 aromatic carbocycles. The van der Waals surface area contributed by atoms with Crippen LogP contribution in [0.1, 0.15) is 12.0 Å². The standard InChI is InChI=1S/C16H18ClF3N2O3.ClH/c17-13-4-2-1-3-10(13)7-21-14(23)5-6-22-8-11(15(24)25)12(9-22)16(18,19)20;/h1-4,11-12H,5-9H2,(H,21,23)(H,24,25);1H/t11-,12-;/m1./s1. The number of nitrogens with zero attached hydrogens (tertiary/aromatic N) is 1. The summed E-state index contributed by atoms with van der Waals surface area (Å²) >= 11 is 5.97. The van der Waals surface area contributed by atoms with Gasteiger partial charge in [-0.25, -0.2) is 0 Å². The Morgan fingerprint density at radius 1 is 1.27 bits per heavy atom. The third kappa shape index (κ3) is 6.03. The van der Waals surface area contributed by atoms with Gasteiger partial charge in [-0.2, -0.15) is 13.2 Å². The van der Waals surface area contributed by atoms with Crippen LogP contribution in [0.15, 0.2) is 24.3 Å². The largest absolute Gasteiger partial charge is 0.481 e. The lowest BCUT2D eigenvalue weighted by molar-refractivity contribution is -0.188. The summed E-state index contributed by atoms with van der Waals surface area (Å²) in [7, 11) is 0. The summed E-state index contributed by atoms with van der Waals surface area (Å²) in [6, 6.07) is 6.99. The molecule has 1 saturated heterocycles. The van der Waals surface area contributed by atoms with Gasteiger partial charge in [-0.15, -0.1) is 12.4 Å². The molecule has 0 spiro atoms. The first-order chi connectivity index (χ1) is 11.7. The Balaban J connectivity index is 0.00000338. The molecule has 1 fully saturated rings. The van der Waals surface area contributed by atoms with E-state index in [0.29, 0.717) is 5.02 Å². The van der Waals surface area contributed by atoms with Crippen LogP contribution in [0.25, 0.3) is 0 Å². The molecule has 10 heteroatoms. The average molecular weight is 415 g/mol. The number of hydrogen-bond donors (Lipinski definition) is 2. The molecule has 2 N–H and O–H groups in total. The van der Waals surface area contributed by atoms with E-state index in [9.17, 15) is 22.8 Å². The first kappa shape index (κ1) is 22.5.